The number of hydrogen-bond acceptors (Lipinski definition) is 0. The van der Waals surface area contributed by atoms with Crippen LogP contribution in [0.3, 0.4) is 0 Å². The lowest BCUT2D eigenvalue weighted by molar-refractivity contribution is 1.15. The van der Waals surface area contributed by atoms with Gasteiger partial charge in [-0.1, -0.05) is 107 Å². The molecule has 1 aliphatic carbocycles. The third-order valence-electron chi connectivity index (χ3n) is 3.98. The Hall–Kier alpha value is -3.26. The maximum absolute atomic E-state index is 5.42. The first-order valence-electron chi connectivity index (χ1n) is 8.55. The number of rotatable bonds is 4. The predicted molar refractivity (Wildman–Crippen MR) is 114 cm³/mol. The molecule has 26 heavy (non-hydrogen) atoms. The average molecular weight is 348 g/mol. The van der Waals surface area contributed by atoms with Crippen LogP contribution in [0.2, 0.25) is 0 Å². The lowest BCUT2D eigenvalue weighted by Crippen LogP contribution is -2.25. The molecule has 0 spiro atoms. The van der Waals surface area contributed by atoms with Crippen molar-refractivity contribution in [2.75, 3.05) is 0 Å². The largest absolute Gasteiger partial charge is 0.140 e. The van der Waals surface area contributed by atoms with E-state index in [4.69, 9.17) is 6.42 Å². The van der Waals surface area contributed by atoms with Crippen molar-refractivity contribution in [2.24, 2.45) is 5.92 Å². The van der Waals surface area contributed by atoms with Crippen LogP contribution in [0.4, 0.5) is 0 Å². The Morgan fingerprint density at radius 1 is 0.885 bits per heavy atom. The molecule has 2 aromatic rings. The molecule has 1 aliphatic rings. The molecule has 0 bridgehead atoms. The van der Waals surface area contributed by atoms with Crippen LogP contribution in [-0.2, 0) is 0 Å². The van der Waals surface area contributed by atoms with Gasteiger partial charge >= 0.3 is 0 Å². The molecule has 0 heterocycles. The average Bonchev–Trinajstić information content (AvgIpc) is 3.22. The van der Waals surface area contributed by atoms with Crippen molar-refractivity contribution in [2.45, 2.75) is 0 Å². The standard InChI is InChI=1S/C25H19Si/c1-2-22-15-17-24(18-16-22)19-21-26(25-13-4-3-5-14-25)20-9-8-12-23-10-6-7-11-23/h1,3-7,9-11,13-21,23H/b20-9+,21-19+. The Bertz CT molecular complexity index is 927. The van der Waals surface area contributed by atoms with E-state index in [9.17, 15) is 0 Å². The highest BCUT2D eigenvalue weighted by molar-refractivity contribution is 6.82. The van der Waals surface area contributed by atoms with E-state index in [1.807, 2.05) is 36.4 Å². The van der Waals surface area contributed by atoms with Gasteiger partial charge in [0.25, 0.3) is 0 Å². The van der Waals surface area contributed by atoms with E-state index in [0.29, 0.717) is 0 Å². The van der Waals surface area contributed by atoms with Gasteiger partial charge in [0, 0.05) is 5.56 Å². The molecular weight excluding hydrogens is 328 g/mol. The van der Waals surface area contributed by atoms with Crippen molar-refractivity contribution in [1.29, 1.82) is 0 Å². The van der Waals surface area contributed by atoms with Crippen LogP contribution in [0.25, 0.3) is 6.08 Å². The molecule has 0 aliphatic heterocycles. The minimum absolute atomic E-state index is 0.247. The molecule has 0 amide bonds. The van der Waals surface area contributed by atoms with Crippen LogP contribution in [0.5, 0.6) is 0 Å². The summed E-state index contributed by atoms with van der Waals surface area (Å²) in [6, 6.07) is 18.6. The van der Waals surface area contributed by atoms with Gasteiger partial charge in [0.15, 0.2) is 0 Å². The van der Waals surface area contributed by atoms with Gasteiger partial charge < -0.3 is 0 Å². The van der Waals surface area contributed by atoms with Crippen molar-refractivity contribution in [1.82, 2.24) is 0 Å². The van der Waals surface area contributed by atoms with Gasteiger partial charge in [0.1, 0.15) is 8.80 Å². The fourth-order valence-electron chi connectivity index (χ4n) is 2.56. The Balaban J connectivity index is 1.76. The zero-order valence-electron chi connectivity index (χ0n) is 14.5. The molecule has 0 unspecified atom stereocenters. The fraction of sp³-hybridized carbons (Fsp3) is 0.0400. The highest BCUT2D eigenvalue weighted by Gasteiger charge is 2.06. The monoisotopic (exact) mass is 347 g/mol. The smallest absolute Gasteiger partial charge is 0.115 e. The third-order valence-corrected chi connectivity index (χ3v) is 6.04. The summed E-state index contributed by atoms with van der Waals surface area (Å²) in [5.74, 6) is 9.31. The summed E-state index contributed by atoms with van der Waals surface area (Å²) in [7, 11) is -0.971. The molecule has 0 nitrogen and oxygen atoms in total. The van der Waals surface area contributed by atoms with Crippen LogP contribution >= 0.6 is 0 Å². The second kappa shape index (κ2) is 9.28. The Kier molecular flexibility index (Phi) is 6.27. The molecule has 1 radical (unpaired) electrons. The molecule has 1 heteroatoms. The number of hydrogen-bond donors (Lipinski definition) is 0. The molecule has 0 atom stereocenters. The van der Waals surface area contributed by atoms with Crippen molar-refractivity contribution >= 4 is 20.1 Å². The molecule has 3 rings (SSSR count). The van der Waals surface area contributed by atoms with Crippen LogP contribution in [0, 0.1) is 30.1 Å². The molecule has 0 saturated carbocycles. The maximum Gasteiger partial charge on any atom is 0.140 e. The van der Waals surface area contributed by atoms with Gasteiger partial charge in [-0.05, 0) is 23.8 Å². The normalized spacial score (nSPS) is 13.4. The van der Waals surface area contributed by atoms with Crippen molar-refractivity contribution in [3.63, 3.8) is 0 Å². The zero-order chi connectivity index (χ0) is 18.0. The second-order valence-electron chi connectivity index (χ2n) is 5.84. The van der Waals surface area contributed by atoms with E-state index >= 15 is 0 Å². The highest BCUT2D eigenvalue weighted by atomic mass is 28.3. The summed E-state index contributed by atoms with van der Waals surface area (Å²) in [5.41, 5.74) is 6.59. The van der Waals surface area contributed by atoms with Crippen LogP contribution in [-0.4, -0.2) is 8.80 Å². The Morgan fingerprint density at radius 3 is 2.31 bits per heavy atom. The molecule has 0 N–H and O–H groups in total. The van der Waals surface area contributed by atoms with E-state index < -0.39 is 8.80 Å². The Labute approximate surface area is 157 Å². The quantitative estimate of drug-likeness (QED) is 0.566. The summed E-state index contributed by atoms with van der Waals surface area (Å²) in [4.78, 5) is 0. The minimum Gasteiger partial charge on any atom is -0.115 e. The molecule has 2 aromatic carbocycles. The summed E-state index contributed by atoms with van der Waals surface area (Å²) in [5, 5.41) is 1.34. The van der Waals surface area contributed by atoms with Gasteiger partial charge in [-0.3, -0.25) is 0 Å². The van der Waals surface area contributed by atoms with Gasteiger partial charge in [-0.25, -0.2) is 0 Å². The first-order valence-corrected chi connectivity index (χ1v) is 10.2. The van der Waals surface area contributed by atoms with Crippen molar-refractivity contribution in [3.05, 3.63) is 108 Å². The van der Waals surface area contributed by atoms with Crippen molar-refractivity contribution in [3.8, 4) is 24.2 Å². The lowest BCUT2D eigenvalue weighted by Gasteiger charge is -2.05. The van der Waals surface area contributed by atoms with Gasteiger partial charge in [-0.15, -0.1) is 6.42 Å². The molecule has 0 aromatic heterocycles. The second-order valence-corrected chi connectivity index (χ2v) is 7.99. The third kappa shape index (κ3) is 5.12. The first kappa shape index (κ1) is 17.6. The summed E-state index contributed by atoms with van der Waals surface area (Å²) < 4.78 is 0. The topological polar surface area (TPSA) is 0 Å². The van der Waals surface area contributed by atoms with Crippen molar-refractivity contribution < 1.29 is 0 Å². The summed E-state index contributed by atoms with van der Waals surface area (Å²) in [6.45, 7) is 0. The van der Waals surface area contributed by atoms with Crippen LogP contribution < -0.4 is 5.19 Å². The fourth-order valence-corrected chi connectivity index (χ4v) is 4.27. The summed E-state index contributed by atoms with van der Waals surface area (Å²) >= 11 is 0. The number of allylic oxidation sites excluding steroid dienone is 5. The molecular formula is C25H19Si. The van der Waals surface area contributed by atoms with Gasteiger partial charge in [0.2, 0.25) is 0 Å². The predicted octanol–water partition coefficient (Wildman–Crippen LogP) is 4.46. The molecule has 123 valence electrons. The lowest BCUT2D eigenvalue weighted by atomic mass is 10.1. The zero-order valence-corrected chi connectivity index (χ0v) is 15.5. The van der Waals surface area contributed by atoms with E-state index in [1.54, 1.807) is 0 Å². The van der Waals surface area contributed by atoms with E-state index in [1.165, 1.54) is 5.19 Å². The Morgan fingerprint density at radius 2 is 1.62 bits per heavy atom. The highest BCUT2D eigenvalue weighted by Crippen LogP contribution is 2.07. The SMILES string of the molecule is C#Cc1ccc(/C=C/[Si](/C=C/C#CC2C=CC=C2)c2ccccc2)cc1. The summed E-state index contributed by atoms with van der Waals surface area (Å²) in [6.07, 6.45) is 17.9. The van der Waals surface area contributed by atoms with E-state index in [0.717, 1.165) is 11.1 Å². The van der Waals surface area contributed by atoms with Gasteiger partial charge in [-0.2, -0.15) is 0 Å². The molecule has 0 fully saturated rings. The van der Waals surface area contributed by atoms with E-state index in [2.05, 4.69) is 83.8 Å². The maximum atomic E-state index is 5.42. The van der Waals surface area contributed by atoms with E-state index in [-0.39, 0.29) is 5.92 Å². The van der Waals surface area contributed by atoms with Gasteiger partial charge in [0.05, 0.1) is 5.92 Å². The first-order chi connectivity index (χ1) is 12.8. The van der Waals surface area contributed by atoms with Crippen LogP contribution in [0.15, 0.2) is 96.4 Å². The minimum atomic E-state index is -0.971. The number of benzene rings is 2. The molecule has 0 saturated heterocycles. The number of terminal acetylenes is 1. The van der Waals surface area contributed by atoms with Crippen LogP contribution in [0.1, 0.15) is 11.1 Å².